The number of hydrogen-bond donors (Lipinski definition) is 3. The summed E-state index contributed by atoms with van der Waals surface area (Å²) in [5, 5.41) is 7.95. The molecule has 158 valence electrons. The number of ether oxygens (including phenoxy) is 1. The average molecular weight is 411 g/mol. The molecule has 0 saturated heterocycles. The van der Waals surface area contributed by atoms with Gasteiger partial charge in [0, 0.05) is 13.5 Å². The van der Waals surface area contributed by atoms with Gasteiger partial charge in [0.2, 0.25) is 5.91 Å². The van der Waals surface area contributed by atoms with E-state index in [9.17, 15) is 19.2 Å². The molecule has 8 nitrogen and oxygen atoms in total. The van der Waals surface area contributed by atoms with Crippen LogP contribution in [-0.4, -0.2) is 36.8 Å². The normalized spacial score (nSPS) is 11.1. The molecule has 0 fully saturated rings. The number of para-hydroxylation sites is 1. The molecule has 0 aromatic heterocycles. The lowest BCUT2D eigenvalue weighted by molar-refractivity contribution is -0.147. The summed E-state index contributed by atoms with van der Waals surface area (Å²) in [7, 11) is 0. The zero-order valence-electron chi connectivity index (χ0n) is 16.9. The Kier molecular flexibility index (Phi) is 8.56. The van der Waals surface area contributed by atoms with Gasteiger partial charge >= 0.3 is 5.97 Å². The molecular formula is C22H25N3O5. The van der Waals surface area contributed by atoms with Crippen LogP contribution in [0.15, 0.2) is 54.6 Å². The van der Waals surface area contributed by atoms with E-state index in [-0.39, 0.29) is 30.8 Å². The third-order valence-corrected chi connectivity index (χ3v) is 4.16. The van der Waals surface area contributed by atoms with Gasteiger partial charge in [0.15, 0.2) is 6.61 Å². The first kappa shape index (κ1) is 22.6. The quantitative estimate of drug-likeness (QED) is 0.548. The Hall–Kier alpha value is -3.68. The number of benzene rings is 2. The molecule has 0 aliphatic rings. The minimum Gasteiger partial charge on any atom is -0.456 e. The molecule has 3 N–H and O–H groups in total. The second kappa shape index (κ2) is 11.4. The Morgan fingerprint density at radius 3 is 2.33 bits per heavy atom. The van der Waals surface area contributed by atoms with Crippen LogP contribution in [0.2, 0.25) is 0 Å². The average Bonchev–Trinajstić information content (AvgIpc) is 2.73. The second-order valence-electron chi connectivity index (χ2n) is 6.59. The molecule has 2 aromatic rings. The fraction of sp³-hybridized carbons (Fsp3) is 0.273. The SMILES string of the molecule is CC(=O)NCCC(=O)OCC(=O)Nc1ccccc1C(=O)N[C@H](C)c1ccccc1. The number of carbonyl (C=O) groups excluding carboxylic acids is 4. The maximum Gasteiger partial charge on any atom is 0.308 e. The molecule has 0 spiro atoms. The number of carbonyl (C=O) groups is 4. The molecule has 3 amide bonds. The van der Waals surface area contributed by atoms with Crippen molar-refractivity contribution in [1.29, 1.82) is 0 Å². The first-order chi connectivity index (χ1) is 14.4. The van der Waals surface area contributed by atoms with Gasteiger partial charge in [-0.3, -0.25) is 19.2 Å². The van der Waals surface area contributed by atoms with Crippen molar-refractivity contribution in [3.63, 3.8) is 0 Å². The van der Waals surface area contributed by atoms with Crippen molar-refractivity contribution in [2.24, 2.45) is 0 Å². The molecule has 0 unspecified atom stereocenters. The van der Waals surface area contributed by atoms with E-state index < -0.39 is 18.5 Å². The van der Waals surface area contributed by atoms with Crippen LogP contribution < -0.4 is 16.0 Å². The van der Waals surface area contributed by atoms with Crippen molar-refractivity contribution in [2.75, 3.05) is 18.5 Å². The highest BCUT2D eigenvalue weighted by Gasteiger charge is 2.16. The standard InChI is InChI=1S/C22H25N3O5/c1-15(17-8-4-3-5-9-17)24-22(29)18-10-6-7-11-19(18)25-20(27)14-30-21(28)12-13-23-16(2)26/h3-11,15H,12-14H2,1-2H3,(H,23,26)(H,24,29)(H,25,27)/t15-/m1/s1. The number of anilines is 1. The summed E-state index contributed by atoms with van der Waals surface area (Å²) < 4.78 is 4.88. The summed E-state index contributed by atoms with van der Waals surface area (Å²) in [5.41, 5.74) is 1.57. The van der Waals surface area contributed by atoms with E-state index in [0.717, 1.165) is 5.56 Å². The third-order valence-electron chi connectivity index (χ3n) is 4.16. The second-order valence-corrected chi connectivity index (χ2v) is 6.59. The lowest BCUT2D eigenvalue weighted by Crippen LogP contribution is -2.29. The Labute approximate surface area is 175 Å². The smallest absolute Gasteiger partial charge is 0.308 e. The van der Waals surface area contributed by atoms with Crippen LogP contribution in [0.5, 0.6) is 0 Å². The molecular weight excluding hydrogens is 386 g/mol. The zero-order chi connectivity index (χ0) is 21.9. The maximum absolute atomic E-state index is 12.7. The highest BCUT2D eigenvalue weighted by Crippen LogP contribution is 2.18. The Bertz CT molecular complexity index is 899. The fourth-order valence-corrected chi connectivity index (χ4v) is 2.63. The Morgan fingerprint density at radius 2 is 1.63 bits per heavy atom. The lowest BCUT2D eigenvalue weighted by atomic mass is 10.1. The predicted octanol–water partition coefficient (Wildman–Crippen LogP) is 2.19. The van der Waals surface area contributed by atoms with E-state index in [0.29, 0.717) is 11.3 Å². The zero-order valence-corrected chi connectivity index (χ0v) is 16.9. The van der Waals surface area contributed by atoms with Gasteiger partial charge in [0.05, 0.1) is 23.7 Å². The summed E-state index contributed by atoms with van der Waals surface area (Å²) in [6.07, 6.45) is -0.0385. The van der Waals surface area contributed by atoms with Crippen molar-refractivity contribution in [2.45, 2.75) is 26.3 Å². The summed E-state index contributed by atoms with van der Waals surface area (Å²) in [5.74, 6) is -1.77. The van der Waals surface area contributed by atoms with E-state index in [1.165, 1.54) is 6.92 Å². The molecule has 0 aliphatic heterocycles. The van der Waals surface area contributed by atoms with E-state index in [4.69, 9.17) is 4.74 Å². The van der Waals surface area contributed by atoms with Crippen molar-refractivity contribution in [3.05, 3.63) is 65.7 Å². The molecule has 0 saturated carbocycles. The molecule has 0 aliphatic carbocycles. The fourth-order valence-electron chi connectivity index (χ4n) is 2.63. The Balaban J connectivity index is 1.91. The maximum atomic E-state index is 12.7. The minimum atomic E-state index is -0.610. The number of nitrogens with one attached hydrogen (secondary N) is 3. The minimum absolute atomic E-state index is 0.0385. The van der Waals surface area contributed by atoms with Gasteiger partial charge in [-0.25, -0.2) is 0 Å². The summed E-state index contributed by atoms with van der Waals surface area (Å²) >= 11 is 0. The summed E-state index contributed by atoms with van der Waals surface area (Å²) in [6, 6.07) is 15.9. The topological polar surface area (TPSA) is 114 Å². The summed E-state index contributed by atoms with van der Waals surface area (Å²) in [4.78, 5) is 47.2. The first-order valence-corrected chi connectivity index (χ1v) is 9.51. The van der Waals surface area contributed by atoms with Crippen LogP contribution in [-0.2, 0) is 19.1 Å². The van der Waals surface area contributed by atoms with Gasteiger partial charge in [0.1, 0.15) is 0 Å². The Morgan fingerprint density at radius 1 is 0.967 bits per heavy atom. The molecule has 30 heavy (non-hydrogen) atoms. The van der Waals surface area contributed by atoms with Crippen LogP contribution >= 0.6 is 0 Å². The molecule has 8 heteroatoms. The van der Waals surface area contributed by atoms with Crippen molar-refractivity contribution < 1.29 is 23.9 Å². The van der Waals surface area contributed by atoms with Crippen LogP contribution in [0, 0.1) is 0 Å². The van der Waals surface area contributed by atoms with Crippen molar-refractivity contribution in [1.82, 2.24) is 10.6 Å². The van der Waals surface area contributed by atoms with Gasteiger partial charge in [-0.05, 0) is 24.6 Å². The van der Waals surface area contributed by atoms with Crippen molar-refractivity contribution >= 4 is 29.4 Å². The highest BCUT2D eigenvalue weighted by molar-refractivity contribution is 6.04. The van der Waals surface area contributed by atoms with Crippen LogP contribution in [0.25, 0.3) is 0 Å². The van der Waals surface area contributed by atoms with Gasteiger partial charge in [-0.2, -0.15) is 0 Å². The van der Waals surface area contributed by atoms with Gasteiger partial charge in [0.25, 0.3) is 11.8 Å². The van der Waals surface area contributed by atoms with E-state index >= 15 is 0 Å². The molecule has 0 heterocycles. The number of rotatable bonds is 9. The largest absolute Gasteiger partial charge is 0.456 e. The van der Waals surface area contributed by atoms with E-state index in [2.05, 4.69) is 16.0 Å². The number of esters is 1. The van der Waals surface area contributed by atoms with E-state index in [1.807, 2.05) is 37.3 Å². The molecule has 1 atom stereocenters. The first-order valence-electron chi connectivity index (χ1n) is 9.51. The van der Waals surface area contributed by atoms with E-state index in [1.54, 1.807) is 24.3 Å². The van der Waals surface area contributed by atoms with Crippen LogP contribution in [0.4, 0.5) is 5.69 Å². The van der Waals surface area contributed by atoms with Gasteiger partial charge < -0.3 is 20.7 Å². The third kappa shape index (κ3) is 7.38. The number of amides is 3. The molecule has 0 radical (unpaired) electrons. The van der Waals surface area contributed by atoms with Gasteiger partial charge in [-0.1, -0.05) is 42.5 Å². The monoisotopic (exact) mass is 411 g/mol. The predicted molar refractivity (Wildman–Crippen MR) is 112 cm³/mol. The van der Waals surface area contributed by atoms with Crippen LogP contribution in [0.3, 0.4) is 0 Å². The lowest BCUT2D eigenvalue weighted by Gasteiger charge is -2.16. The summed E-state index contributed by atoms with van der Waals surface area (Å²) in [6.45, 7) is 2.86. The van der Waals surface area contributed by atoms with Gasteiger partial charge in [-0.15, -0.1) is 0 Å². The van der Waals surface area contributed by atoms with Crippen molar-refractivity contribution in [3.8, 4) is 0 Å². The molecule has 2 rings (SSSR count). The molecule has 2 aromatic carbocycles. The van der Waals surface area contributed by atoms with Crippen LogP contribution in [0.1, 0.15) is 42.2 Å². The highest BCUT2D eigenvalue weighted by atomic mass is 16.5. The number of hydrogen-bond acceptors (Lipinski definition) is 5. The molecule has 0 bridgehead atoms.